The molecule has 1 aliphatic rings. The average molecular weight is 545 g/mol. The van der Waals surface area contributed by atoms with Crippen molar-refractivity contribution < 1.29 is 36.2 Å². The fourth-order valence-electron chi connectivity index (χ4n) is 4.16. The van der Waals surface area contributed by atoms with E-state index in [1.807, 2.05) is 0 Å². The molecule has 0 radical (unpaired) electrons. The third-order valence-electron chi connectivity index (χ3n) is 5.73. The summed E-state index contributed by atoms with van der Waals surface area (Å²) in [5.41, 5.74) is 0.417. The minimum atomic E-state index is -4.17. The summed E-state index contributed by atoms with van der Waals surface area (Å²) in [7, 11) is -1.31. The number of carbonyl (C=O) groups excluding carboxylic acids is 1. The van der Waals surface area contributed by atoms with E-state index < -0.39 is 15.9 Å². The van der Waals surface area contributed by atoms with Gasteiger partial charge in [0.05, 0.1) is 24.3 Å². The molecule has 12 heteroatoms. The molecule has 2 aromatic rings. The second kappa shape index (κ2) is 12.2. The van der Waals surface area contributed by atoms with Gasteiger partial charge in [-0.1, -0.05) is 25.3 Å². The number of anilines is 2. The summed E-state index contributed by atoms with van der Waals surface area (Å²) in [6, 6.07) is 9.45. The van der Waals surface area contributed by atoms with Crippen LogP contribution in [0.15, 0.2) is 47.4 Å². The lowest BCUT2D eigenvalue weighted by molar-refractivity contribution is -0.124. The van der Waals surface area contributed by atoms with Crippen molar-refractivity contribution in [1.82, 2.24) is 0 Å². The van der Waals surface area contributed by atoms with Crippen molar-refractivity contribution in [3.63, 3.8) is 0 Å². The average Bonchev–Trinajstić information content (AvgIpc) is 3.04. The van der Waals surface area contributed by atoms with Crippen LogP contribution < -0.4 is 19.5 Å². The number of sulfonamides is 1. The smallest absolute Gasteiger partial charge is 0.408 e. The number of hydrogen-bond donors (Lipinski definition) is 2. The molecule has 0 saturated heterocycles. The zero-order valence-corrected chi connectivity index (χ0v) is 22.1. The summed E-state index contributed by atoms with van der Waals surface area (Å²) < 4.78 is 70.4. The van der Waals surface area contributed by atoms with Crippen LogP contribution >= 0.6 is 9.24 Å². The lowest BCUT2D eigenvalue weighted by Crippen LogP contribution is -2.33. The highest BCUT2D eigenvalue weighted by atomic mass is 32.2. The van der Waals surface area contributed by atoms with Gasteiger partial charge in [0.15, 0.2) is 0 Å². The number of alkyl halides is 2. The van der Waals surface area contributed by atoms with Crippen LogP contribution in [0.25, 0.3) is 0 Å². The van der Waals surface area contributed by atoms with Crippen molar-refractivity contribution >= 4 is 36.5 Å². The summed E-state index contributed by atoms with van der Waals surface area (Å²) in [5, 5.41) is 2.86. The van der Waals surface area contributed by atoms with E-state index in [1.54, 1.807) is 14.0 Å². The molecule has 1 unspecified atom stereocenters. The van der Waals surface area contributed by atoms with Gasteiger partial charge in [-0.15, -0.1) is 0 Å². The maximum absolute atomic E-state index is 13.1. The Morgan fingerprint density at radius 3 is 2.56 bits per heavy atom. The van der Waals surface area contributed by atoms with Crippen LogP contribution in [0.4, 0.5) is 20.2 Å². The summed E-state index contributed by atoms with van der Waals surface area (Å²) in [5.74, 6) is -4.17. The molecule has 3 atom stereocenters. The fourth-order valence-corrected chi connectivity index (χ4v) is 5.47. The van der Waals surface area contributed by atoms with Crippen molar-refractivity contribution in [2.45, 2.75) is 55.9 Å². The Hall–Kier alpha value is -2.49. The summed E-state index contributed by atoms with van der Waals surface area (Å²) in [6.07, 6.45) is 4.34. The van der Waals surface area contributed by atoms with Gasteiger partial charge in [0.1, 0.15) is 16.4 Å². The Kier molecular flexibility index (Phi) is 9.49. The number of amides is 1. The van der Waals surface area contributed by atoms with E-state index in [1.165, 1.54) is 45.6 Å². The third-order valence-corrected chi connectivity index (χ3v) is 7.27. The van der Waals surface area contributed by atoms with Crippen molar-refractivity contribution in [3.05, 3.63) is 42.5 Å². The van der Waals surface area contributed by atoms with E-state index in [4.69, 9.17) is 9.47 Å². The maximum Gasteiger partial charge on any atom is 0.408 e. The molecular weight excluding hydrogens is 513 g/mol. The SMILES string of the molecule is CCOc1cc(NC(=O)[C@@H]2CCCCC[C@H]2OC)ccc1S(=O)(=O)Nc1cccc(OC(F)(F)P)c1. The van der Waals surface area contributed by atoms with Gasteiger partial charge in [-0.2, -0.15) is 8.78 Å². The number of carbonyl (C=O) groups is 1. The molecule has 1 amide bonds. The third kappa shape index (κ3) is 7.75. The fraction of sp³-hybridized carbons (Fsp3) is 0.458. The van der Waals surface area contributed by atoms with Crippen LogP contribution in [0.3, 0.4) is 0 Å². The lowest BCUT2D eigenvalue weighted by atomic mass is 9.96. The molecule has 0 spiro atoms. The summed E-state index contributed by atoms with van der Waals surface area (Å²) >= 11 is 0. The Morgan fingerprint density at radius 1 is 1.11 bits per heavy atom. The Labute approximate surface area is 212 Å². The van der Waals surface area contributed by atoms with Gasteiger partial charge in [0, 0.05) is 24.9 Å². The first-order valence-electron chi connectivity index (χ1n) is 11.6. The molecule has 1 aliphatic carbocycles. The van der Waals surface area contributed by atoms with E-state index in [-0.39, 0.29) is 46.6 Å². The number of hydrogen-bond acceptors (Lipinski definition) is 6. The van der Waals surface area contributed by atoms with Crippen LogP contribution in [0.2, 0.25) is 0 Å². The molecule has 198 valence electrons. The van der Waals surface area contributed by atoms with Crippen LogP contribution in [-0.2, 0) is 19.6 Å². The summed E-state index contributed by atoms with van der Waals surface area (Å²) in [4.78, 5) is 12.8. The van der Waals surface area contributed by atoms with Gasteiger partial charge in [-0.05, 0) is 53.3 Å². The number of methoxy groups -OCH3 is 1. The molecule has 2 N–H and O–H groups in total. The van der Waals surface area contributed by atoms with E-state index in [9.17, 15) is 22.0 Å². The quantitative estimate of drug-likeness (QED) is 0.314. The summed E-state index contributed by atoms with van der Waals surface area (Å²) in [6.45, 7) is 1.88. The normalized spacial score (nSPS) is 18.7. The minimum Gasteiger partial charge on any atom is -0.492 e. The molecule has 0 aliphatic heterocycles. The molecule has 0 bridgehead atoms. The zero-order valence-electron chi connectivity index (χ0n) is 20.1. The van der Waals surface area contributed by atoms with Crippen molar-refractivity contribution in [2.24, 2.45) is 5.92 Å². The Morgan fingerprint density at radius 2 is 1.86 bits per heavy atom. The second-order valence-corrected chi connectivity index (χ2v) is 10.7. The lowest BCUT2D eigenvalue weighted by Gasteiger charge is -2.23. The molecule has 0 heterocycles. The van der Waals surface area contributed by atoms with Gasteiger partial charge in [0.2, 0.25) is 5.91 Å². The van der Waals surface area contributed by atoms with E-state index in [2.05, 4.69) is 14.8 Å². The first-order chi connectivity index (χ1) is 17.0. The molecule has 0 aromatic heterocycles. The standard InChI is InChI=1S/C24H31F2N2O6PS/c1-3-33-21-15-16(27-23(29)19-10-5-4-6-11-20(19)32-2)12-13-22(21)36(30,31)28-17-8-7-9-18(14-17)34-24(25,26)35/h7-9,12-15,19-20,28H,3-6,10-11,35H2,1-2H3,(H,27,29)/t19-,20-/m1/s1. The number of benzene rings is 2. The van der Waals surface area contributed by atoms with Crippen molar-refractivity contribution in [1.29, 1.82) is 0 Å². The minimum absolute atomic E-state index is 0.0283. The molecule has 1 saturated carbocycles. The molecule has 3 rings (SSSR count). The predicted molar refractivity (Wildman–Crippen MR) is 136 cm³/mol. The number of halogens is 2. The van der Waals surface area contributed by atoms with Crippen LogP contribution in [0.5, 0.6) is 11.5 Å². The van der Waals surface area contributed by atoms with Crippen LogP contribution in [-0.4, -0.2) is 40.0 Å². The largest absolute Gasteiger partial charge is 0.492 e. The molecule has 2 aromatic carbocycles. The Bertz CT molecular complexity index is 1160. The van der Waals surface area contributed by atoms with Gasteiger partial charge in [0.25, 0.3) is 10.0 Å². The number of nitrogens with one attached hydrogen (secondary N) is 2. The highest BCUT2D eigenvalue weighted by Gasteiger charge is 2.30. The van der Waals surface area contributed by atoms with Gasteiger partial charge < -0.3 is 19.5 Å². The predicted octanol–water partition coefficient (Wildman–Crippen LogP) is 5.22. The van der Waals surface area contributed by atoms with Crippen LogP contribution in [0.1, 0.15) is 39.0 Å². The maximum atomic E-state index is 13.1. The van der Waals surface area contributed by atoms with Crippen molar-refractivity contribution in [2.75, 3.05) is 23.8 Å². The van der Waals surface area contributed by atoms with E-state index in [0.717, 1.165) is 31.7 Å². The molecule has 36 heavy (non-hydrogen) atoms. The van der Waals surface area contributed by atoms with Gasteiger partial charge in [-0.3, -0.25) is 9.52 Å². The number of ether oxygens (including phenoxy) is 3. The highest BCUT2D eigenvalue weighted by molar-refractivity contribution is 7.92. The highest BCUT2D eigenvalue weighted by Crippen LogP contribution is 2.33. The monoisotopic (exact) mass is 544 g/mol. The number of rotatable bonds is 10. The molecular formula is C24H31F2N2O6PS. The van der Waals surface area contributed by atoms with Crippen LogP contribution in [0, 0.1) is 5.92 Å². The van der Waals surface area contributed by atoms with Crippen molar-refractivity contribution in [3.8, 4) is 11.5 Å². The second-order valence-electron chi connectivity index (χ2n) is 8.40. The van der Waals surface area contributed by atoms with E-state index >= 15 is 0 Å². The molecule has 1 fully saturated rings. The topological polar surface area (TPSA) is 103 Å². The van der Waals surface area contributed by atoms with E-state index in [0.29, 0.717) is 12.1 Å². The molecule has 8 nitrogen and oxygen atoms in total. The van der Waals surface area contributed by atoms with Gasteiger partial charge in [-0.25, -0.2) is 8.42 Å². The first kappa shape index (κ1) is 28.1. The zero-order chi connectivity index (χ0) is 26.3. The first-order valence-corrected chi connectivity index (χ1v) is 13.7. The Balaban J connectivity index is 1.81. The van der Waals surface area contributed by atoms with Gasteiger partial charge >= 0.3 is 5.85 Å².